The van der Waals surface area contributed by atoms with Gasteiger partial charge in [0.15, 0.2) is 0 Å². The summed E-state index contributed by atoms with van der Waals surface area (Å²) in [7, 11) is 0. The van der Waals surface area contributed by atoms with E-state index in [9.17, 15) is 19.8 Å². The highest BCUT2D eigenvalue weighted by atomic mass is 16.5. The van der Waals surface area contributed by atoms with Crippen LogP contribution in [0.25, 0.3) is 22.3 Å². The molecule has 1 atom stereocenters. The van der Waals surface area contributed by atoms with Crippen LogP contribution in [0.2, 0.25) is 0 Å². The Hall–Kier alpha value is -3.19. The molecular weight excluding hydrogens is 348 g/mol. The van der Waals surface area contributed by atoms with Gasteiger partial charge in [0.1, 0.15) is 12.4 Å². The van der Waals surface area contributed by atoms with Gasteiger partial charge in [0.25, 0.3) is 12.0 Å². The van der Waals surface area contributed by atoms with E-state index in [0.717, 1.165) is 22.0 Å². The van der Waals surface area contributed by atoms with E-state index in [4.69, 9.17) is 9.72 Å². The molecule has 1 aliphatic heterocycles. The first-order valence-electron chi connectivity index (χ1n) is 8.55. The number of benzene rings is 1. The zero-order valence-electron chi connectivity index (χ0n) is 14.9. The van der Waals surface area contributed by atoms with Gasteiger partial charge in [0.2, 0.25) is 0 Å². The Bertz CT molecular complexity index is 1150. The number of ether oxygens (including phenoxy) is 1. The highest BCUT2D eigenvalue weighted by molar-refractivity contribution is 5.88. The molecule has 0 aliphatic carbocycles. The molecule has 0 saturated heterocycles. The van der Waals surface area contributed by atoms with Crippen molar-refractivity contribution in [2.24, 2.45) is 0 Å². The molecule has 1 unspecified atom stereocenters. The fraction of sp³-hybridized carbons (Fsp3) is 0.250. The normalized spacial score (nSPS) is 13.3. The van der Waals surface area contributed by atoms with E-state index in [1.165, 1.54) is 0 Å². The number of fused-ring (bicyclic) bond motifs is 4. The van der Waals surface area contributed by atoms with Gasteiger partial charge in [-0.1, -0.05) is 0 Å². The van der Waals surface area contributed by atoms with Crippen LogP contribution in [0.1, 0.15) is 35.3 Å². The predicted molar refractivity (Wildman–Crippen MR) is 98.4 cm³/mol. The fourth-order valence-corrected chi connectivity index (χ4v) is 3.63. The maximum Gasteiger partial charge on any atom is 0.293 e. The van der Waals surface area contributed by atoms with Crippen molar-refractivity contribution in [1.82, 2.24) is 9.55 Å². The summed E-state index contributed by atoms with van der Waals surface area (Å²) in [4.78, 5) is 28.2. The first kappa shape index (κ1) is 17.2. The van der Waals surface area contributed by atoms with E-state index >= 15 is 0 Å². The van der Waals surface area contributed by atoms with Crippen LogP contribution < -0.4 is 5.56 Å². The number of aliphatic hydroxyl groups excluding tert-OH is 1. The lowest BCUT2D eigenvalue weighted by atomic mass is 10.0. The molecule has 0 spiro atoms. The summed E-state index contributed by atoms with van der Waals surface area (Å²) in [6.45, 7) is 3.80. The van der Waals surface area contributed by atoms with Gasteiger partial charge in [0.05, 0.1) is 35.1 Å². The molecule has 27 heavy (non-hydrogen) atoms. The lowest BCUT2D eigenvalue weighted by Gasteiger charge is -2.14. The Morgan fingerprint density at radius 3 is 2.85 bits per heavy atom. The Morgan fingerprint density at radius 2 is 2.15 bits per heavy atom. The predicted octanol–water partition coefficient (Wildman–Crippen LogP) is 2.17. The number of aromatic nitrogens is 2. The Kier molecular flexibility index (Phi) is 3.96. The minimum absolute atomic E-state index is 0.193. The summed E-state index contributed by atoms with van der Waals surface area (Å²) in [5.41, 5.74) is 3.97. The minimum atomic E-state index is -0.891. The molecule has 3 heterocycles. The van der Waals surface area contributed by atoms with Crippen molar-refractivity contribution in [1.29, 1.82) is 0 Å². The molecule has 7 heteroatoms. The van der Waals surface area contributed by atoms with Crippen molar-refractivity contribution in [3.05, 3.63) is 56.9 Å². The van der Waals surface area contributed by atoms with Crippen LogP contribution in [0.5, 0.6) is 5.75 Å². The van der Waals surface area contributed by atoms with E-state index in [2.05, 4.69) is 0 Å². The summed E-state index contributed by atoms with van der Waals surface area (Å²) in [6.07, 6.45) is -0.891. The second-order valence-electron chi connectivity index (χ2n) is 6.71. The molecule has 1 aromatic carbocycles. The van der Waals surface area contributed by atoms with Gasteiger partial charge in [0, 0.05) is 16.5 Å². The third-order valence-electron chi connectivity index (χ3n) is 5.07. The molecule has 4 rings (SSSR count). The molecule has 0 amide bonds. The molecule has 138 valence electrons. The Balaban J connectivity index is 1.96. The summed E-state index contributed by atoms with van der Waals surface area (Å²) < 4.78 is 6.34. The Morgan fingerprint density at radius 1 is 1.37 bits per heavy atom. The number of aliphatic hydroxyl groups is 1. The van der Waals surface area contributed by atoms with E-state index in [0.29, 0.717) is 23.5 Å². The number of carbonyl (C=O) groups excluding carboxylic acids is 1. The Labute approximate surface area is 154 Å². The van der Waals surface area contributed by atoms with Gasteiger partial charge in [-0.2, -0.15) is 0 Å². The molecule has 0 bridgehead atoms. The van der Waals surface area contributed by atoms with Crippen LogP contribution >= 0.6 is 0 Å². The van der Waals surface area contributed by atoms with Crippen LogP contribution in [0.15, 0.2) is 29.1 Å². The van der Waals surface area contributed by atoms with Crippen LogP contribution in [0, 0.1) is 6.92 Å². The standard InChI is InChI=1S/C20H18N2O5/c1-10-13-5-12-7-22-17(19(12)21-16(13)3-4-18(10)25)6-14(11(2)24)15(20(22)26)8-27-9-23/h3-6,9,11,24-25H,7-8H2,1-2H3. The quantitative estimate of drug-likeness (QED) is 0.537. The van der Waals surface area contributed by atoms with Crippen molar-refractivity contribution >= 4 is 17.4 Å². The number of phenols is 1. The molecule has 3 aromatic rings. The van der Waals surface area contributed by atoms with E-state index < -0.39 is 6.10 Å². The highest BCUT2D eigenvalue weighted by Crippen LogP contribution is 2.35. The zero-order chi connectivity index (χ0) is 19.3. The first-order valence-corrected chi connectivity index (χ1v) is 8.55. The second-order valence-corrected chi connectivity index (χ2v) is 6.71. The molecule has 0 fully saturated rings. The number of nitrogens with zero attached hydrogens (tertiary/aromatic N) is 2. The van der Waals surface area contributed by atoms with Crippen LogP contribution in [-0.2, 0) is 22.7 Å². The molecule has 2 aromatic heterocycles. The van der Waals surface area contributed by atoms with Crippen LogP contribution in [-0.4, -0.2) is 26.2 Å². The maximum absolute atomic E-state index is 13.0. The zero-order valence-corrected chi connectivity index (χ0v) is 14.9. The van der Waals surface area contributed by atoms with Gasteiger partial charge in [-0.05, 0) is 43.7 Å². The van der Waals surface area contributed by atoms with Crippen molar-refractivity contribution in [3.63, 3.8) is 0 Å². The summed E-state index contributed by atoms with van der Waals surface area (Å²) >= 11 is 0. The summed E-state index contributed by atoms with van der Waals surface area (Å²) in [5.74, 6) is 0.196. The lowest BCUT2D eigenvalue weighted by Crippen LogP contribution is -2.26. The third-order valence-corrected chi connectivity index (χ3v) is 5.07. The smallest absolute Gasteiger partial charge is 0.293 e. The van der Waals surface area contributed by atoms with Gasteiger partial charge in [-0.15, -0.1) is 0 Å². The van der Waals surface area contributed by atoms with Gasteiger partial charge < -0.3 is 19.5 Å². The number of phenolic OH excluding ortho intramolecular Hbond substituents is 1. The lowest BCUT2D eigenvalue weighted by molar-refractivity contribution is -0.129. The third kappa shape index (κ3) is 2.59. The van der Waals surface area contributed by atoms with Crippen LogP contribution in [0.3, 0.4) is 0 Å². The van der Waals surface area contributed by atoms with E-state index in [1.54, 1.807) is 29.7 Å². The highest BCUT2D eigenvalue weighted by Gasteiger charge is 2.26. The van der Waals surface area contributed by atoms with E-state index in [1.807, 2.05) is 13.0 Å². The van der Waals surface area contributed by atoms with E-state index in [-0.39, 0.29) is 30.0 Å². The molecule has 7 nitrogen and oxygen atoms in total. The molecular formula is C20H18N2O5. The van der Waals surface area contributed by atoms with Crippen molar-refractivity contribution < 1.29 is 19.7 Å². The molecule has 2 N–H and O–H groups in total. The fourth-order valence-electron chi connectivity index (χ4n) is 3.63. The van der Waals surface area contributed by atoms with Crippen molar-refractivity contribution in [2.75, 3.05) is 0 Å². The number of carbonyl (C=O) groups is 1. The topological polar surface area (TPSA) is 102 Å². The number of hydrogen-bond acceptors (Lipinski definition) is 6. The van der Waals surface area contributed by atoms with Gasteiger partial charge in [-0.3, -0.25) is 9.59 Å². The number of rotatable bonds is 4. The monoisotopic (exact) mass is 366 g/mol. The number of hydrogen-bond donors (Lipinski definition) is 2. The molecule has 0 saturated carbocycles. The molecule has 0 radical (unpaired) electrons. The van der Waals surface area contributed by atoms with Gasteiger partial charge >= 0.3 is 0 Å². The summed E-state index contributed by atoms with van der Waals surface area (Å²) in [6, 6.07) is 7.00. The number of aromatic hydroxyl groups is 1. The first-order chi connectivity index (χ1) is 12.9. The second kappa shape index (κ2) is 6.21. The average molecular weight is 366 g/mol. The van der Waals surface area contributed by atoms with Crippen molar-refractivity contribution in [3.8, 4) is 17.1 Å². The van der Waals surface area contributed by atoms with Crippen LogP contribution in [0.4, 0.5) is 0 Å². The SMILES string of the molecule is Cc1c(O)ccc2nc3c(cc12)Cn1c-3cc(C(C)O)c(COC=O)c1=O. The van der Waals surface area contributed by atoms with Crippen molar-refractivity contribution in [2.45, 2.75) is 33.1 Å². The summed E-state index contributed by atoms with van der Waals surface area (Å²) in [5, 5.41) is 20.9. The largest absolute Gasteiger partial charge is 0.508 e. The molecule has 1 aliphatic rings. The number of pyridine rings is 2. The number of aryl methyl sites for hydroxylation is 1. The maximum atomic E-state index is 13.0. The average Bonchev–Trinajstić information content (AvgIpc) is 3.00. The van der Waals surface area contributed by atoms with Gasteiger partial charge in [-0.25, -0.2) is 4.98 Å². The minimum Gasteiger partial charge on any atom is -0.508 e.